The van der Waals surface area contributed by atoms with Crippen molar-refractivity contribution in [2.24, 2.45) is 0 Å². The second-order valence-corrected chi connectivity index (χ2v) is 24.4. The molecule has 2 unspecified atom stereocenters. The molecule has 0 spiro atoms. The van der Waals surface area contributed by atoms with E-state index in [0.29, 0.717) is 5.92 Å². The Balaban J connectivity index is 1.16. The van der Waals surface area contributed by atoms with Crippen molar-refractivity contribution in [3.8, 4) is 55.6 Å². The van der Waals surface area contributed by atoms with Crippen LogP contribution < -0.4 is 0 Å². The molecule has 0 radical (unpaired) electrons. The van der Waals surface area contributed by atoms with E-state index in [9.17, 15) is 0 Å². The summed E-state index contributed by atoms with van der Waals surface area (Å²) < 4.78 is 10.5. The maximum absolute atomic E-state index is 2.61. The van der Waals surface area contributed by atoms with Gasteiger partial charge >= 0.3 is 341 Å². The van der Waals surface area contributed by atoms with Gasteiger partial charge in [-0.3, -0.25) is 0 Å². The molecule has 2 atom stereocenters. The Hall–Kier alpha value is -4.44. The van der Waals surface area contributed by atoms with Crippen LogP contribution in [-0.2, 0) is 0 Å². The molecular weight excluding hydrogens is 1050 g/mol. The topological polar surface area (TPSA) is 0 Å². The summed E-state index contributed by atoms with van der Waals surface area (Å²) >= 11 is -0.0684. The molecule has 286 valence electrons. The van der Waals surface area contributed by atoms with Gasteiger partial charge in [0, 0.05) is 0 Å². The number of halogens is 3. The third kappa shape index (κ3) is 6.54. The van der Waals surface area contributed by atoms with Crippen LogP contribution in [0.3, 0.4) is 0 Å². The van der Waals surface area contributed by atoms with Crippen molar-refractivity contribution in [1.29, 1.82) is 0 Å². The van der Waals surface area contributed by atoms with Gasteiger partial charge in [-0.15, -0.1) is 0 Å². The fraction of sp³-hybridized carbons (Fsp3) is 0.0893. The first-order valence-electron chi connectivity index (χ1n) is 20.5. The third-order valence-corrected chi connectivity index (χ3v) is 23.7. The number of benzene rings is 8. The van der Waals surface area contributed by atoms with Gasteiger partial charge in [-0.05, 0) is 5.56 Å². The molecule has 0 saturated heterocycles. The third-order valence-electron chi connectivity index (χ3n) is 12.3. The number of hydrogen-bond acceptors (Lipinski definition) is 0. The van der Waals surface area contributed by atoms with Gasteiger partial charge in [0.05, 0.1) is 0 Å². The van der Waals surface area contributed by atoms with E-state index in [4.69, 9.17) is 0 Å². The Labute approximate surface area is 378 Å². The molecule has 0 aromatic heterocycles. The first kappa shape index (κ1) is 37.6. The van der Waals surface area contributed by atoms with E-state index in [1.807, 2.05) is 0 Å². The Morgan fingerprint density at radius 2 is 1.12 bits per heavy atom. The quantitative estimate of drug-likeness (QED) is 0.154. The second kappa shape index (κ2) is 15.9. The van der Waals surface area contributed by atoms with Crippen LogP contribution >= 0.6 is 63.1 Å². The fourth-order valence-corrected chi connectivity index (χ4v) is 20.9. The predicted molar refractivity (Wildman–Crippen MR) is 276 cm³/mol. The first-order chi connectivity index (χ1) is 29.2. The van der Waals surface area contributed by atoms with E-state index in [1.54, 1.807) is 19.8 Å². The summed E-state index contributed by atoms with van der Waals surface area (Å²) in [6, 6.07) is 72.1. The van der Waals surface area contributed by atoms with Crippen LogP contribution in [0.25, 0.3) is 55.6 Å². The van der Waals surface area contributed by atoms with Gasteiger partial charge in [-0.2, -0.15) is 0 Å². The molecule has 2 heterocycles. The summed E-state index contributed by atoms with van der Waals surface area (Å²) in [5, 5.41) is 0. The zero-order chi connectivity index (χ0) is 39.5. The number of fused-ring (bicyclic) bond motifs is 11. The molecule has 8 aromatic rings. The van der Waals surface area contributed by atoms with Crippen LogP contribution in [-0.4, -0.2) is 3.51 Å². The van der Waals surface area contributed by atoms with Crippen molar-refractivity contribution in [3.05, 3.63) is 229 Å². The fourth-order valence-electron chi connectivity index (χ4n) is 9.57. The Bertz CT molecular complexity index is 2990. The van der Waals surface area contributed by atoms with Gasteiger partial charge in [0.25, 0.3) is 0 Å². The molecule has 3 aliphatic rings. The summed E-state index contributed by atoms with van der Waals surface area (Å²) in [6.45, 7) is 2.40. The predicted octanol–water partition coefficient (Wildman–Crippen LogP) is 16.6. The molecule has 2 bridgehead atoms. The standard InChI is InChI=1S/C56H41I3/c1-2-36-34-51(42-21-13-19-40(32-42)39-18-12-17-38(31-39)37-15-4-3-5-16-37)58-52(35-57)54-48-27-9-8-25-46(48)49-29-30-50-47-26-10-11-28-53(47)59(56(50)55(49)54)43-22-14-20-41(33-43)45-24-7-6-23-44(36)45/h3-33,35-36,54H,2,34H2,1H3/b52-35-. The summed E-state index contributed by atoms with van der Waals surface area (Å²) in [7, 11) is 0. The molecule has 0 saturated carbocycles. The Morgan fingerprint density at radius 1 is 0.525 bits per heavy atom. The van der Waals surface area contributed by atoms with Crippen molar-refractivity contribution in [2.45, 2.75) is 31.6 Å². The first-order valence-corrected chi connectivity index (χ1v) is 27.1. The van der Waals surface area contributed by atoms with E-state index >= 15 is 0 Å². The minimum absolute atomic E-state index is 0.245. The Kier molecular flexibility index (Phi) is 10.1. The number of rotatable bonds is 4. The molecule has 8 aromatic carbocycles. The molecule has 11 rings (SSSR count). The van der Waals surface area contributed by atoms with Crippen LogP contribution in [0, 0.1) is 10.7 Å². The second-order valence-electron chi connectivity index (χ2n) is 15.6. The summed E-state index contributed by atoms with van der Waals surface area (Å²) in [5.74, 6) is 0.638. The SMILES string of the molecule is CCC1CC(c2cccc(-c3cccc(-c4ccccc4)c3)c2)=I/C(=C\I)C2c3ccccc3-c3ccc4c(c32)I(c2cccc(c2)-c2ccccc21)c1ccccc1-4. The van der Waals surface area contributed by atoms with E-state index in [1.165, 1.54) is 75.9 Å². The Morgan fingerprint density at radius 3 is 1.90 bits per heavy atom. The van der Waals surface area contributed by atoms with Crippen molar-refractivity contribution < 1.29 is 0 Å². The van der Waals surface area contributed by atoms with Crippen LogP contribution in [0.5, 0.6) is 0 Å². The molecule has 0 amide bonds. The molecule has 59 heavy (non-hydrogen) atoms. The summed E-state index contributed by atoms with van der Waals surface area (Å²) in [5.41, 5.74) is 19.5. The van der Waals surface area contributed by atoms with Gasteiger partial charge in [-0.1, -0.05) is 36.4 Å². The van der Waals surface area contributed by atoms with E-state index in [0.717, 1.165) is 12.8 Å². The van der Waals surface area contributed by atoms with Crippen molar-refractivity contribution in [1.82, 2.24) is 0 Å². The van der Waals surface area contributed by atoms with Crippen LogP contribution in [0.1, 0.15) is 53.9 Å². The van der Waals surface area contributed by atoms with E-state index in [-0.39, 0.29) is 5.92 Å². The summed E-state index contributed by atoms with van der Waals surface area (Å²) in [6.07, 6.45) is 2.13. The average molecular weight is 1090 g/mol. The maximum atomic E-state index is 2.61. The van der Waals surface area contributed by atoms with E-state index in [2.05, 4.69) is 222 Å². The average Bonchev–Trinajstić information content (AvgIpc) is 3.83. The van der Waals surface area contributed by atoms with Crippen LogP contribution in [0.15, 0.2) is 196 Å². The molecule has 1 aliphatic carbocycles. The molecule has 2 aliphatic heterocycles. The van der Waals surface area contributed by atoms with Crippen LogP contribution in [0.2, 0.25) is 0 Å². The zero-order valence-corrected chi connectivity index (χ0v) is 39.2. The van der Waals surface area contributed by atoms with Crippen molar-refractivity contribution >= 4 is 66.6 Å². The van der Waals surface area contributed by atoms with Crippen LogP contribution in [0.4, 0.5) is 0 Å². The minimum atomic E-state index is -2.12. The molecule has 3 heteroatoms. The number of allylic oxidation sites excluding steroid dienone is 1. The monoisotopic (exact) mass is 1090 g/mol. The van der Waals surface area contributed by atoms with Crippen molar-refractivity contribution in [3.63, 3.8) is 0 Å². The molecule has 0 fully saturated rings. The summed E-state index contributed by atoms with van der Waals surface area (Å²) in [4.78, 5) is 0. The van der Waals surface area contributed by atoms with Crippen molar-refractivity contribution in [2.75, 3.05) is 0 Å². The molecule has 0 nitrogen and oxygen atoms in total. The van der Waals surface area contributed by atoms with Gasteiger partial charge in [0.15, 0.2) is 0 Å². The van der Waals surface area contributed by atoms with Gasteiger partial charge in [-0.25, -0.2) is 0 Å². The normalized spacial score (nSPS) is 17.5. The molecule has 0 N–H and O–H groups in total. The van der Waals surface area contributed by atoms with Gasteiger partial charge in [0.2, 0.25) is 0 Å². The van der Waals surface area contributed by atoms with Gasteiger partial charge in [0.1, 0.15) is 0 Å². The zero-order valence-electron chi connectivity index (χ0n) is 32.7. The van der Waals surface area contributed by atoms with Gasteiger partial charge < -0.3 is 0 Å². The molecular formula is C56H41I3. The van der Waals surface area contributed by atoms with E-state index < -0.39 is 40.6 Å². The number of hydrogen-bond donors (Lipinski definition) is 0.